The van der Waals surface area contributed by atoms with Crippen LogP contribution in [0.3, 0.4) is 0 Å². The fourth-order valence-corrected chi connectivity index (χ4v) is 1.93. The lowest BCUT2D eigenvalue weighted by atomic mass is 10.0. The number of rotatable bonds is 5. The van der Waals surface area contributed by atoms with E-state index in [-0.39, 0.29) is 11.8 Å². The largest absolute Gasteiger partial charge is 0.503 e. The third-order valence-electron chi connectivity index (χ3n) is 2.42. The van der Waals surface area contributed by atoms with Gasteiger partial charge in [-0.25, -0.2) is 0 Å². The van der Waals surface area contributed by atoms with Gasteiger partial charge in [0.25, 0.3) is 0 Å². The monoisotopic (exact) mass is 288 g/mol. The molecule has 0 bridgehead atoms. The first-order valence-electron chi connectivity index (χ1n) is 5.12. The zero-order valence-electron chi connectivity index (χ0n) is 9.24. The highest BCUT2D eigenvalue weighted by molar-refractivity contribution is 9.10. The molecule has 0 aromatic heterocycles. The zero-order chi connectivity index (χ0) is 12.1. The number of hydrogen-bond acceptors (Lipinski definition) is 4. The van der Waals surface area contributed by atoms with Gasteiger partial charge in [0.15, 0.2) is 11.5 Å². The number of hydrogen-bond donors (Lipinski definition) is 3. The van der Waals surface area contributed by atoms with E-state index in [9.17, 15) is 5.11 Å². The van der Waals surface area contributed by atoms with Crippen molar-refractivity contribution >= 4 is 15.9 Å². The summed E-state index contributed by atoms with van der Waals surface area (Å²) in [7, 11) is 1.51. The molecule has 0 amide bonds. The Labute approximate surface area is 104 Å². The van der Waals surface area contributed by atoms with Crippen molar-refractivity contribution in [2.24, 2.45) is 11.5 Å². The average molecular weight is 289 g/mol. The quantitative estimate of drug-likeness (QED) is 0.773. The Balaban J connectivity index is 2.92. The Morgan fingerprint density at radius 3 is 2.75 bits per heavy atom. The van der Waals surface area contributed by atoms with Crippen molar-refractivity contribution in [1.82, 2.24) is 0 Å². The van der Waals surface area contributed by atoms with Gasteiger partial charge in [-0.2, -0.15) is 0 Å². The maximum atomic E-state index is 9.65. The molecule has 0 fully saturated rings. The molecule has 1 aromatic rings. The minimum absolute atomic E-state index is 0.0886. The van der Waals surface area contributed by atoms with Crippen molar-refractivity contribution < 1.29 is 9.84 Å². The first kappa shape index (κ1) is 13.3. The van der Waals surface area contributed by atoms with Crippen molar-refractivity contribution in [3.05, 3.63) is 22.2 Å². The Morgan fingerprint density at radius 2 is 2.19 bits per heavy atom. The van der Waals surface area contributed by atoms with Gasteiger partial charge in [0.05, 0.1) is 11.6 Å². The second-order valence-corrected chi connectivity index (χ2v) is 4.45. The van der Waals surface area contributed by atoms with Gasteiger partial charge >= 0.3 is 0 Å². The molecule has 5 N–H and O–H groups in total. The van der Waals surface area contributed by atoms with Gasteiger partial charge in [0, 0.05) is 6.04 Å². The van der Waals surface area contributed by atoms with Crippen molar-refractivity contribution in [2.75, 3.05) is 13.7 Å². The fraction of sp³-hybridized carbons (Fsp3) is 0.455. The molecule has 0 unspecified atom stereocenters. The van der Waals surface area contributed by atoms with Gasteiger partial charge in [-0.1, -0.05) is 0 Å². The Bertz CT molecular complexity index is 358. The standard InChI is InChI=1S/C11H17BrN2O2/c1-16-10-6-7(5-8(12)11(10)15)9(14)3-2-4-13/h5-6,9,15H,2-4,13-14H2,1H3/t9-/m1/s1. The fourth-order valence-electron chi connectivity index (χ4n) is 1.47. The lowest BCUT2D eigenvalue weighted by molar-refractivity contribution is 0.370. The molecule has 4 nitrogen and oxygen atoms in total. The van der Waals surface area contributed by atoms with Gasteiger partial charge in [-0.15, -0.1) is 0 Å². The Morgan fingerprint density at radius 1 is 1.50 bits per heavy atom. The topological polar surface area (TPSA) is 81.5 Å². The third kappa shape index (κ3) is 3.10. The maximum absolute atomic E-state index is 9.65. The third-order valence-corrected chi connectivity index (χ3v) is 3.02. The van der Waals surface area contributed by atoms with Crippen molar-refractivity contribution in [2.45, 2.75) is 18.9 Å². The first-order chi connectivity index (χ1) is 7.60. The van der Waals surface area contributed by atoms with E-state index < -0.39 is 0 Å². The molecule has 0 aliphatic carbocycles. The minimum atomic E-state index is -0.0886. The van der Waals surface area contributed by atoms with E-state index in [2.05, 4.69) is 15.9 Å². The first-order valence-corrected chi connectivity index (χ1v) is 5.91. The van der Waals surface area contributed by atoms with Crippen molar-refractivity contribution in [1.29, 1.82) is 0 Å². The van der Waals surface area contributed by atoms with E-state index in [0.29, 0.717) is 16.8 Å². The smallest absolute Gasteiger partial charge is 0.172 e. The molecule has 0 heterocycles. The SMILES string of the molecule is COc1cc([C@H](N)CCCN)cc(Br)c1O. The molecular formula is C11H17BrN2O2. The summed E-state index contributed by atoms with van der Waals surface area (Å²) in [4.78, 5) is 0. The van der Waals surface area contributed by atoms with Crippen molar-refractivity contribution in [3.63, 3.8) is 0 Å². The molecule has 0 aliphatic rings. The van der Waals surface area contributed by atoms with Crippen LogP contribution in [0.2, 0.25) is 0 Å². The summed E-state index contributed by atoms with van der Waals surface area (Å²) in [5, 5.41) is 9.65. The molecule has 16 heavy (non-hydrogen) atoms. The van der Waals surface area contributed by atoms with Crippen LogP contribution in [0, 0.1) is 0 Å². The van der Waals surface area contributed by atoms with Crippen molar-refractivity contribution in [3.8, 4) is 11.5 Å². The molecule has 0 saturated carbocycles. The number of phenolic OH excluding ortho intramolecular Hbond substituents is 1. The van der Waals surface area contributed by atoms with Crippen LogP contribution < -0.4 is 16.2 Å². The molecule has 0 aliphatic heterocycles. The van der Waals surface area contributed by atoms with E-state index >= 15 is 0 Å². The second-order valence-electron chi connectivity index (χ2n) is 3.59. The van der Waals surface area contributed by atoms with Crippen LogP contribution in [0.15, 0.2) is 16.6 Å². The number of benzene rings is 1. The molecule has 1 aromatic carbocycles. The molecule has 0 radical (unpaired) electrons. The predicted molar refractivity (Wildman–Crippen MR) is 67.6 cm³/mol. The summed E-state index contributed by atoms with van der Waals surface area (Å²) in [6, 6.07) is 3.47. The van der Waals surface area contributed by atoms with E-state index in [1.54, 1.807) is 12.1 Å². The van der Waals surface area contributed by atoms with Crippen LogP contribution in [-0.4, -0.2) is 18.8 Å². The van der Waals surface area contributed by atoms with E-state index in [1.165, 1.54) is 7.11 Å². The molecule has 1 atom stereocenters. The molecule has 5 heteroatoms. The summed E-state index contributed by atoms with van der Waals surface area (Å²) in [6.07, 6.45) is 1.69. The highest BCUT2D eigenvalue weighted by Crippen LogP contribution is 2.37. The zero-order valence-corrected chi connectivity index (χ0v) is 10.8. The highest BCUT2D eigenvalue weighted by Gasteiger charge is 2.12. The van der Waals surface area contributed by atoms with Gasteiger partial charge in [0.2, 0.25) is 0 Å². The summed E-state index contributed by atoms with van der Waals surface area (Å²) in [5.41, 5.74) is 12.4. The molecule has 90 valence electrons. The second kappa shape index (κ2) is 6.08. The summed E-state index contributed by atoms with van der Waals surface area (Å²) in [5.74, 6) is 0.518. The summed E-state index contributed by atoms with van der Waals surface area (Å²) in [6.45, 7) is 0.629. The van der Waals surface area contributed by atoms with Crippen LogP contribution in [0.4, 0.5) is 0 Å². The van der Waals surface area contributed by atoms with Crippen LogP contribution in [0.5, 0.6) is 11.5 Å². The maximum Gasteiger partial charge on any atom is 0.172 e. The number of methoxy groups -OCH3 is 1. The Hall–Kier alpha value is -0.780. The average Bonchev–Trinajstić information content (AvgIpc) is 2.29. The number of phenols is 1. The van der Waals surface area contributed by atoms with Crippen LogP contribution >= 0.6 is 15.9 Å². The van der Waals surface area contributed by atoms with Gasteiger partial charge < -0.3 is 21.3 Å². The Kier molecular flexibility index (Phi) is 5.05. The number of ether oxygens (including phenoxy) is 1. The van der Waals surface area contributed by atoms with Gasteiger partial charge in [0.1, 0.15) is 0 Å². The molecule has 0 spiro atoms. The lowest BCUT2D eigenvalue weighted by Crippen LogP contribution is -2.12. The predicted octanol–water partition coefficient (Wildman–Crippen LogP) is 1.90. The number of aromatic hydroxyl groups is 1. The molecular weight excluding hydrogens is 272 g/mol. The van der Waals surface area contributed by atoms with Gasteiger partial charge in [-0.3, -0.25) is 0 Å². The summed E-state index contributed by atoms with van der Waals surface area (Å²) < 4.78 is 5.65. The lowest BCUT2D eigenvalue weighted by Gasteiger charge is -2.14. The summed E-state index contributed by atoms with van der Waals surface area (Å²) >= 11 is 3.26. The van der Waals surface area contributed by atoms with Crippen LogP contribution in [0.1, 0.15) is 24.4 Å². The van der Waals surface area contributed by atoms with E-state index in [1.807, 2.05) is 0 Å². The molecule has 0 saturated heterocycles. The normalized spacial score (nSPS) is 12.5. The van der Waals surface area contributed by atoms with Crippen LogP contribution in [-0.2, 0) is 0 Å². The van der Waals surface area contributed by atoms with E-state index in [4.69, 9.17) is 16.2 Å². The number of nitrogens with two attached hydrogens (primary N) is 2. The van der Waals surface area contributed by atoms with E-state index in [0.717, 1.165) is 18.4 Å². The minimum Gasteiger partial charge on any atom is -0.503 e. The van der Waals surface area contributed by atoms with Crippen LogP contribution in [0.25, 0.3) is 0 Å². The highest BCUT2D eigenvalue weighted by atomic mass is 79.9. The molecule has 1 rings (SSSR count). The number of halogens is 1. The van der Waals surface area contributed by atoms with Gasteiger partial charge in [-0.05, 0) is 53.0 Å².